The number of halogens is 2. The zero-order valence-electron chi connectivity index (χ0n) is 15.5. The molecule has 1 aromatic heterocycles. The second-order valence-corrected chi connectivity index (χ2v) is 7.24. The van der Waals surface area contributed by atoms with Gasteiger partial charge in [0.15, 0.2) is 5.75 Å². The van der Waals surface area contributed by atoms with E-state index in [0.717, 1.165) is 10.2 Å². The summed E-state index contributed by atoms with van der Waals surface area (Å²) < 4.78 is 6.49. The third-order valence-electron chi connectivity index (χ3n) is 4.35. The first kappa shape index (κ1) is 19.9. The number of aromatic amines is 1. The zero-order chi connectivity index (χ0) is 21.1. The Kier molecular flexibility index (Phi) is 5.70. The molecule has 1 N–H and O–H groups in total. The number of H-pyrrole nitrogens is 1. The van der Waals surface area contributed by atoms with Gasteiger partial charge in [0.25, 0.3) is 5.56 Å². The lowest BCUT2D eigenvalue weighted by molar-refractivity contribution is 0.306. The molecule has 0 saturated carbocycles. The summed E-state index contributed by atoms with van der Waals surface area (Å²) in [6, 6.07) is 19.5. The van der Waals surface area contributed by atoms with Gasteiger partial charge in [-0.2, -0.15) is 5.10 Å². The summed E-state index contributed by atoms with van der Waals surface area (Å²) in [6.07, 6.45) is 1.34. The van der Waals surface area contributed by atoms with E-state index >= 15 is 0 Å². The summed E-state index contributed by atoms with van der Waals surface area (Å²) in [4.78, 5) is 27.4. The monoisotopic (exact) mass is 439 g/mol. The van der Waals surface area contributed by atoms with Crippen molar-refractivity contribution in [3.63, 3.8) is 0 Å². The number of rotatable bonds is 5. The van der Waals surface area contributed by atoms with Gasteiger partial charge >= 0.3 is 5.69 Å². The second kappa shape index (κ2) is 8.57. The molecule has 150 valence electrons. The third kappa shape index (κ3) is 4.15. The van der Waals surface area contributed by atoms with Crippen molar-refractivity contribution in [2.24, 2.45) is 5.10 Å². The Hall–Kier alpha value is -3.35. The summed E-state index contributed by atoms with van der Waals surface area (Å²) in [5.74, 6) is 0.347. The molecule has 4 rings (SSSR count). The summed E-state index contributed by atoms with van der Waals surface area (Å²) in [5, 5.41) is 4.95. The van der Waals surface area contributed by atoms with Crippen molar-refractivity contribution < 1.29 is 4.74 Å². The fourth-order valence-corrected chi connectivity index (χ4v) is 3.52. The van der Waals surface area contributed by atoms with Crippen molar-refractivity contribution >= 4 is 40.3 Å². The third-order valence-corrected chi connectivity index (χ3v) is 4.91. The van der Waals surface area contributed by atoms with E-state index in [4.69, 9.17) is 27.9 Å². The number of ether oxygens (including phenoxy) is 1. The van der Waals surface area contributed by atoms with E-state index in [1.165, 1.54) is 6.21 Å². The fourth-order valence-electron chi connectivity index (χ4n) is 2.90. The normalized spacial score (nSPS) is 11.3. The number of nitrogens with zero attached hydrogens (tertiary/aromatic N) is 2. The van der Waals surface area contributed by atoms with E-state index in [1.807, 2.05) is 30.3 Å². The van der Waals surface area contributed by atoms with Gasteiger partial charge in [-0.25, -0.2) is 4.79 Å². The first-order valence-electron chi connectivity index (χ1n) is 8.97. The molecule has 0 amide bonds. The van der Waals surface area contributed by atoms with Crippen molar-refractivity contribution in [3.05, 3.63) is 109 Å². The van der Waals surface area contributed by atoms with Crippen LogP contribution in [0.1, 0.15) is 11.1 Å². The second-order valence-electron chi connectivity index (χ2n) is 6.43. The molecule has 6 nitrogen and oxygen atoms in total. The summed E-state index contributed by atoms with van der Waals surface area (Å²) in [6.45, 7) is 0.315. The standard InChI is InChI=1S/C22H15Cl2N3O3/c23-17-10-15(11-18(24)20(17)30-13-14-6-2-1-3-7-14)12-25-27-21(28)16-8-4-5-9-19(16)26-22(27)29/h1-12H,13H2,(H,26,29). The molecule has 0 aliphatic heterocycles. The van der Waals surface area contributed by atoms with Crippen molar-refractivity contribution in [2.75, 3.05) is 0 Å². The number of para-hydroxylation sites is 1. The molecule has 0 radical (unpaired) electrons. The van der Waals surface area contributed by atoms with Crippen molar-refractivity contribution in [2.45, 2.75) is 6.61 Å². The van der Waals surface area contributed by atoms with Gasteiger partial charge in [-0.1, -0.05) is 65.7 Å². The molecule has 0 spiro atoms. The molecule has 3 aromatic carbocycles. The van der Waals surface area contributed by atoms with Crippen molar-refractivity contribution in [3.8, 4) is 5.75 Å². The van der Waals surface area contributed by atoms with Crippen LogP contribution in [0.5, 0.6) is 5.75 Å². The Morgan fingerprint density at radius 3 is 2.37 bits per heavy atom. The molecule has 0 atom stereocenters. The molecule has 4 aromatic rings. The molecule has 0 saturated heterocycles. The van der Waals surface area contributed by atoms with Gasteiger partial charge in [0.05, 0.1) is 27.2 Å². The Balaban J connectivity index is 1.61. The summed E-state index contributed by atoms with van der Waals surface area (Å²) in [5.41, 5.74) is 0.771. The van der Waals surface area contributed by atoms with Crippen LogP contribution in [-0.2, 0) is 6.61 Å². The van der Waals surface area contributed by atoms with Crippen LogP contribution < -0.4 is 16.0 Å². The van der Waals surface area contributed by atoms with Gasteiger partial charge in [-0.3, -0.25) is 4.79 Å². The Morgan fingerprint density at radius 1 is 0.967 bits per heavy atom. The maximum Gasteiger partial charge on any atom is 0.349 e. The highest BCUT2D eigenvalue weighted by Crippen LogP contribution is 2.34. The smallest absolute Gasteiger partial charge is 0.349 e. The average molecular weight is 440 g/mol. The molecular formula is C22H15Cl2N3O3. The largest absolute Gasteiger partial charge is 0.486 e. The predicted octanol–water partition coefficient (Wildman–Crippen LogP) is 4.46. The van der Waals surface area contributed by atoms with Gasteiger partial charge in [-0.05, 0) is 35.4 Å². The van der Waals surface area contributed by atoms with Gasteiger partial charge in [0.2, 0.25) is 0 Å². The fraction of sp³-hybridized carbons (Fsp3) is 0.0455. The van der Waals surface area contributed by atoms with Crippen LogP contribution in [0.25, 0.3) is 10.9 Å². The minimum atomic E-state index is -0.644. The van der Waals surface area contributed by atoms with E-state index in [9.17, 15) is 9.59 Å². The number of aromatic nitrogens is 2. The quantitative estimate of drug-likeness (QED) is 0.466. The first-order chi connectivity index (χ1) is 14.5. The molecule has 0 bridgehead atoms. The van der Waals surface area contributed by atoms with Crippen LogP contribution in [0.15, 0.2) is 81.4 Å². The number of hydrogen-bond acceptors (Lipinski definition) is 4. The highest BCUT2D eigenvalue weighted by Gasteiger charge is 2.10. The summed E-state index contributed by atoms with van der Waals surface area (Å²) >= 11 is 12.6. The predicted molar refractivity (Wildman–Crippen MR) is 119 cm³/mol. The maximum absolute atomic E-state index is 12.5. The van der Waals surface area contributed by atoms with Gasteiger partial charge < -0.3 is 9.72 Å². The zero-order valence-corrected chi connectivity index (χ0v) is 17.0. The molecule has 8 heteroatoms. The Morgan fingerprint density at radius 2 is 1.63 bits per heavy atom. The highest BCUT2D eigenvalue weighted by atomic mass is 35.5. The van der Waals surface area contributed by atoms with Crippen LogP contribution in [0.2, 0.25) is 10.0 Å². The minimum absolute atomic E-state index is 0.291. The lowest BCUT2D eigenvalue weighted by atomic mass is 10.2. The van der Waals surface area contributed by atoms with E-state index in [0.29, 0.717) is 38.9 Å². The lowest BCUT2D eigenvalue weighted by Crippen LogP contribution is -2.32. The SMILES string of the molecule is O=c1[nH]c2ccccc2c(=O)n1N=Cc1cc(Cl)c(OCc2ccccc2)c(Cl)c1. The van der Waals surface area contributed by atoms with Gasteiger partial charge in [0, 0.05) is 0 Å². The molecule has 0 aliphatic carbocycles. The van der Waals surface area contributed by atoms with E-state index in [1.54, 1.807) is 36.4 Å². The minimum Gasteiger partial charge on any atom is -0.486 e. The molecule has 1 heterocycles. The molecule has 0 aliphatic rings. The average Bonchev–Trinajstić information content (AvgIpc) is 2.74. The topological polar surface area (TPSA) is 76.5 Å². The van der Waals surface area contributed by atoms with Crippen LogP contribution in [0.4, 0.5) is 0 Å². The number of benzene rings is 3. The van der Waals surface area contributed by atoms with Gasteiger partial charge in [0.1, 0.15) is 6.61 Å². The number of nitrogens with one attached hydrogen (secondary N) is 1. The molecular weight excluding hydrogens is 425 g/mol. The van der Waals surface area contributed by atoms with Crippen LogP contribution >= 0.6 is 23.2 Å². The highest BCUT2D eigenvalue weighted by molar-refractivity contribution is 6.37. The summed E-state index contributed by atoms with van der Waals surface area (Å²) in [7, 11) is 0. The van der Waals surface area contributed by atoms with Crippen molar-refractivity contribution in [1.82, 2.24) is 9.66 Å². The Labute approximate surface area is 181 Å². The van der Waals surface area contributed by atoms with E-state index < -0.39 is 11.2 Å². The van der Waals surface area contributed by atoms with Crippen molar-refractivity contribution in [1.29, 1.82) is 0 Å². The van der Waals surface area contributed by atoms with Crippen LogP contribution in [0.3, 0.4) is 0 Å². The lowest BCUT2D eigenvalue weighted by Gasteiger charge is -2.11. The van der Waals surface area contributed by atoms with Gasteiger partial charge in [-0.15, -0.1) is 4.68 Å². The van der Waals surface area contributed by atoms with E-state index in [-0.39, 0.29) is 0 Å². The molecule has 0 unspecified atom stereocenters. The first-order valence-corrected chi connectivity index (χ1v) is 9.73. The number of fused-ring (bicyclic) bond motifs is 1. The van der Waals surface area contributed by atoms with E-state index in [2.05, 4.69) is 10.1 Å². The molecule has 0 fully saturated rings. The van der Waals surface area contributed by atoms with Crippen LogP contribution in [-0.4, -0.2) is 15.9 Å². The molecule has 30 heavy (non-hydrogen) atoms. The number of hydrogen-bond donors (Lipinski definition) is 1. The van der Waals surface area contributed by atoms with Crippen LogP contribution in [0, 0.1) is 0 Å². The Bertz CT molecular complexity index is 1340. The maximum atomic E-state index is 12.5.